The molecule has 0 radical (unpaired) electrons. The molecule has 0 spiro atoms. The molecule has 104 valence electrons. The summed E-state index contributed by atoms with van der Waals surface area (Å²) >= 11 is 5.28. The van der Waals surface area contributed by atoms with Crippen LogP contribution in [0.25, 0.3) is 0 Å². The highest BCUT2D eigenvalue weighted by Crippen LogP contribution is 2.04. The SMILES string of the molecule is ClNc1ccccc1.O=C(O)c1ccc(C(=O)O)cc1. The van der Waals surface area contributed by atoms with Gasteiger partial charge in [-0.1, -0.05) is 18.2 Å². The lowest BCUT2D eigenvalue weighted by Crippen LogP contribution is -1.99. The summed E-state index contributed by atoms with van der Waals surface area (Å²) in [5.74, 6) is -2.13. The summed E-state index contributed by atoms with van der Waals surface area (Å²) < 4.78 is 0. The van der Waals surface area contributed by atoms with E-state index in [2.05, 4.69) is 4.84 Å². The highest BCUT2D eigenvalue weighted by atomic mass is 35.5. The Hall–Kier alpha value is -2.53. The first kappa shape index (κ1) is 15.5. The van der Waals surface area contributed by atoms with Crippen LogP contribution in [0.15, 0.2) is 54.6 Å². The molecule has 0 amide bonds. The van der Waals surface area contributed by atoms with E-state index in [0.717, 1.165) is 5.69 Å². The number of hydrogen-bond donors (Lipinski definition) is 3. The van der Waals surface area contributed by atoms with Crippen molar-refractivity contribution in [2.45, 2.75) is 0 Å². The van der Waals surface area contributed by atoms with E-state index < -0.39 is 11.9 Å². The van der Waals surface area contributed by atoms with E-state index in [-0.39, 0.29) is 11.1 Å². The Balaban J connectivity index is 0.000000217. The number of hydrogen-bond acceptors (Lipinski definition) is 3. The van der Waals surface area contributed by atoms with E-state index >= 15 is 0 Å². The maximum atomic E-state index is 10.3. The lowest BCUT2D eigenvalue weighted by molar-refractivity contribution is 0.0681. The van der Waals surface area contributed by atoms with Gasteiger partial charge >= 0.3 is 11.9 Å². The fourth-order valence-electron chi connectivity index (χ4n) is 1.26. The molecule has 0 saturated heterocycles. The van der Waals surface area contributed by atoms with E-state index in [4.69, 9.17) is 22.0 Å². The van der Waals surface area contributed by atoms with Crippen LogP contribution in [0.4, 0.5) is 5.69 Å². The van der Waals surface area contributed by atoms with Crippen molar-refractivity contribution in [2.75, 3.05) is 4.84 Å². The lowest BCUT2D eigenvalue weighted by atomic mass is 10.1. The Labute approximate surface area is 120 Å². The predicted molar refractivity (Wildman–Crippen MR) is 76.3 cm³/mol. The van der Waals surface area contributed by atoms with Crippen molar-refractivity contribution in [3.8, 4) is 0 Å². The molecular weight excluding hydrogens is 282 g/mol. The highest BCUT2D eigenvalue weighted by Gasteiger charge is 2.04. The molecule has 5 nitrogen and oxygen atoms in total. The van der Waals surface area contributed by atoms with Gasteiger partial charge in [-0.05, 0) is 36.4 Å². The molecule has 2 rings (SSSR count). The first-order chi connectivity index (χ1) is 9.54. The molecule has 0 fully saturated rings. The number of aromatic carboxylic acids is 2. The quantitative estimate of drug-likeness (QED) is 0.756. The number of nitrogens with one attached hydrogen (secondary N) is 1. The van der Waals surface area contributed by atoms with Gasteiger partial charge in [0.25, 0.3) is 0 Å². The van der Waals surface area contributed by atoms with Gasteiger partial charge in [-0.3, -0.25) is 4.84 Å². The molecule has 0 heterocycles. The van der Waals surface area contributed by atoms with Gasteiger partial charge < -0.3 is 10.2 Å². The number of halogens is 1. The molecule has 0 saturated carbocycles. The van der Waals surface area contributed by atoms with Gasteiger partial charge in [0.1, 0.15) is 0 Å². The molecule has 0 atom stereocenters. The van der Waals surface area contributed by atoms with Crippen LogP contribution >= 0.6 is 11.8 Å². The fraction of sp³-hybridized carbons (Fsp3) is 0. The first-order valence-corrected chi connectivity index (χ1v) is 5.90. The summed E-state index contributed by atoms with van der Waals surface area (Å²) in [6.07, 6.45) is 0. The molecule has 0 bridgehead atoms. The second kappa shape index (κ2) is 7.81. The van der Waals surface area contributed by atoms with Crippen molar-refractivity contribution in [3.05, 3.63) is 65.7 Å². The third kappa shape index (κ3) is 4.99. The zero-order valence-electron chi connectivity index (χ0n) is 10.3. The topological polar surface area (TPSA) is 86.6 Å². The minimum absolute atomic E-state index is 0.0833. The van der Waals surface area contributed by atoms with Crippen molar-refractivity contribution >= 4 is 29.4 Å². The van der Waals surface area contributed by atoms with Crippen molar-refractivity contribution in [1.82, 2.24) is 0 Å². The number of para-hydroxylation sites is 1. The van der Waals surface area contributed by atoms with Gasteiger partial charge in [0, 0.05) is 17.5 Å². The Bertz CT molecular complexity index is 536. The van der Waals surface area contributed by atoms with Crippen LogP contribution in [0.1, 0.15) is 20.7 Å². The highest BCUT2D eigenvalue weighted by molar-refractivity contribution is 6.23. The lowest BCUT2D eigenvalue weighted by Gasteiger charge is -1.94. The Morgan fingerprint density at radius 2 is 1.20 bits per heavy atom. The summed E-state index contributed by atoms with van der Waals surface area (Å²) in [7, 11) is 0. The van der Waals surface area contributed by atoms with Gasteiger partial charge in [0.2, 0.25) is 0 Å². The molecule has 2 aromatic carbocycles. The maximum absolute atomic E-state index is 10.3. The van der Waals surface area contributed by atoms with Crippen LogP contribution in [-0.4, -0.2) is 22.2 Å². The van der Waals surface area contributed by atoms with Crippen LogP contribution in [0.3, 0.4) is 0 Å². The number of carboxylic acids is 2. The van der Waals surface area contributed by atoms with Crippen LogP contribution in [-0.2, 0) is 0 Å². The number of anilines is 1. The Kier molecular flexibility index (Phi) is 6.06. The maximum Gasteiger partial charge on any atom is 0.335 e. The molecule has 2 aromatic rings. The molecule has 20 heavy (non-hydrogen) atoms. The largest absolute Gasteiger partial charge is 0.478 e. The first-order valence-electron chi connectivity index (χ1n) is 5.53. The van der Waals surface area contributed by atoms with Gasteiger partial charge in [-0.25, -0.2) is 9.59 Å². The van der Waals surface area contributed by atoms with E-state index in [1.807, 2.05) is 30.3 Å². The number of carbonyl (C=O) groups is 2. The fourth-order valence-corrected chi connectivity index (χ4v) is 1.38. The summed E-state index contributed by atoms with van der Waals surface area (Å²) in [5.41, 5.74) is 1.09. The van der Waals surface area contributed by atoms with Crippen molar-refractivity contribution in [3.63, 3.8) is 0 Å². The normalized spacial score (nSPS) is 9.05. The van der Waals surface area contributed by atoms with Gasteiger partial charge in [-0.2, -0.15) is 0 Å². The molecule has 3 N–H and O–H groups in total. The standard InChI is InChI=1S/C8H6O4.C6H6ClN/c9-7(10)5-1-2-6(4-3-5)8(11)12;7-8-6-4-2-1-3-5-6/h1-4H,(H,9,10)(H,11,12);1-5,8H. The van der Waals surface area contributed by atoms with Crippen LogP contribution in [0.5, 0.6) is 0 Å². The molecular formula is C14H12ClNO4. The minimum atomic E-state index is -1.06. The zero-order valence-corrected chi connectivity index (χ0v) is 11.0. The second-order valence-corrected chi connectivity index (χ2v) is 3.84. The molecule has 0 aliphatic rings. The Morgan fingerprint density at radius 1 is 0.800 bits per heavy atom. The van der Waals surface area contributed by atoms with Gasteiger partial charge in [0.15, 0.2) is 0 Å². The molecule has 0 unspecified atom stereocenters. The van der Waals surface area contributed by atoms with E-state index in [1.54, 1.807) is 0 Å². The van der Waals surface area contributed by atoms with Gasteiger partial charge in [-0.15, -0.1) is 0 Å². The molecule has 0 aliphatic heterocycles. The number of rotatable bonds is 3. The third-order valence-electron chi connectivity index (χ3n) is 2.26. The van der Waals surface area contributed by atoms with Crippen LogP contribution < -0.4 is 4.84 Å². The van der Waals surface area contributed by atoms with Crippen LogP contribution in [0.2, 0.25) is 0 Å². The summed E-state index contributed by atoms with van der Waals surface area (Å²) in [4.78, 5) is 23.2. The summed E-state index contributed by atoms with van der Waals surface area (Å²) in [6.45, 7) is 0. The minimum Gasteiger partial charge on any atom is -0.478 e. The monoisotopic (exact) mass is 293 g/mol. The molecule has 0 aromatic heterocycles. The summed E-state index contributed by atoms with van der Waals surface area (Å²) in [6, 6.07) is 14.6. The predicted octanol–water partition coefficient (Wildman–Crippen LogP) is 3.34. The number of benzene rings is 2. The van der Waals surface area contributed by atoms with Crippen molar-refractivity contribution < 1.29 is 19.8 Å². The van der Waals surface area contributed by atoms with E-state index in [9.17, 15) is 9.59 Å². The van der Waals surface area contributed by atoms with Gasteiger partial charge in [0.05, 0.1) is 11.1 Å². The smallest absolute Gasteiger partial charge is 0.335 e. The van der Waals surface area contributed by atoms with E-state index in [1.165, 1.54) is 24.3 Å². The zero-order chi connectivity index (χ0) is 15.0. The summed E-state index contributed by atoms with van der Waals surface area (Å²) in [5, 5.41) is 16.9. The van der Waals surface area contributed by atoms with Crippen molar-refractivity contribution in [2.24, 2.45) is 0 Å². The Morgan fingerprint density at radius 3 is 1.45 bits per heavy atom. The average Bonchev–Trinajstić information content (AvgIpc) is 2.48. The molecule has 6 heteroatoms. The third-order valence-corrected chi connectivity index (χ3v) is 2.48. The van der Waals surface area contributed by atoms with Crippen LogP contribution in [0, 0.1) is 0 Å². The second-order valence-electron chi connectivity index (χ2n) is 3.65. The average molecular weight is 294 g/mol. The molecule has 0 aliphatic carbocycles. The van der Waals surface area contributed by atoms with E-state index in [0.29, 0.717) is 0 Å². The number of carboxylic acid groups (broad SMARTS) is 2. The van der Waals surface area contributed by atoms with Crippen molar-refractivity contribution in [1.29, 1.82) is 0 Å².